The molecule has 0 radical (unpaired) electrons. The molecule has 1 aliphatic rings. The van der Waals surface area contributed by atoms with Crippen LogP contribution in [0.5, 0.6) is 0 Å². The first-order chi connectivity index (χ1) is 10.4. The van der Waals surface area contributed by atoms with Gasteiger partial charge in [0.25, 0.3) is 11.5 Å². The second kappa shape index (κ2) is 5.15. The molecule has 1 aliphatic heterocycles. The lowest BCUT2D eigenvalue weighted by Gasteiger charge is -2.32. The van der Waals surface area contributed by atoms with Gasteiger partial charge in [-0.15, -0.1) is 0 Å². The zero-order valence-corrected chi connectivity index (χ0v) is 11.4. The third-order valence-electron chi connectivity index (χ3n) is 3.25. The van der Waals surface area contributed by atoms with Gasteiger partial charge in [0.2, 0.25) is 0 Å². The third kappa shape index (κ3) is 2.85. The summed E-state index contributed by atoms with van der Waals surface area (Å²) < 4.78 is 77.3. The average Bonchev–Trinajstić information content (AvgIpc) is 2.54. The van der Waals surface area contributed by atoms with Crippen LogP contribution in [0.25, 0.3) is 0 Å². The van der Waals surface area contributed by atoms with E-state index in [1.54, 1.807) is 5.32 Å². The van der Waals surface area contributed by atoms with Crippen molar-refractivity contribution in [2.24, 2.45) is 0 Å². The molecule has 1 heterocycles. The number of rotatable bonds is 1. The van der Waals surface area contributed by atoms with Gasteiger partial charge in [0, 0.05) is 6.20 Å². The number of aliphatic hydroxyl groups is 1. The third-order valence-corrected chi connectivity index (χ3v) is 3.25. The van der Waals surface area contributed by atoms with E-state index in [9.17, 15) is 36.2 Å². The summed E-state index contributed by atoms with van der Waals surface area (Å²) in [6.07, 6.45) is -10.9. The molecule has 4 nitrogen and oxygen atoms in total. The first kappa shape index (κ1) is 17.1. The number of carbonyl (C=O) groups is 1. The predicted octanol–water partition coefficient (Wildman–Crippen LogP) is 3.10. The smallest absolute Gasteiger partial charge is 0.360 e. The summed E-state index contributed by atoms with van der Waals surface area (Å²) in [5.74, 6) is -2.80. The lowest BCUT2D eigenvalue weighted by atomic mass is 9.98. The van der Waals surface area contributed by atoms with Crippen LogP contribution in [0.3, 0.4) is 0 Å². The maximum Gasteiger partial charge on any atom is 0.454 e. The highest BCUT2D eigenvalue weighted by Crippen LogP contribution is 2.43. The Morgan fingerprint density at radius 1 is 1.17 bits per heavy atom. The second-order valence-corrected chi connectivity index (χ2v) is 4.86. The SMILES string of the molecule is Cc1cccc2c1NC=C(C(=O)C(F)(F)F)C(O)(C(F)(F)F)N2. The number of benzene rings is 1. The van der Waals surface area contributed by atoms with Crippen molar-refractivity contribution in [1.29, 1.82) is 0 Å². The first-order valence-electron chi connectivity index (χ1n) is 6.13. The largest absolute Gasteiger partial charge is 0.454 e. The van der Waals surface area contributed by atoms with Crippen LogP contribution in [-0.4, -0.2) is 29.0 Å². The molecule has 0 aliphatic carbocycles. The average molecular weight is 340 g/mol. The Morgan fingerprint density at radius 3 is 2.30 bits per heavy atom. The van der Waals surface area contributed by atoms with Crippen LogP contribution in [0.4, 0.5) is 37.7 Å². The van der Waals surface area contributed by atoms with E-state index >= 15 is 0 Å². The zero-order chi connectivity index (χ0) is 17.6. The summed E-state index contributed by atoms with van der Waals surface area (Å²) in [6, 6.07) is 3.96. The standard InChI is InChI=1S/C13H10F6N2O2/c1-6-3-2-4-8-9(6)20-5-7(10(22)12(14,15)16)11(23,21-8)13(17,18)19/h2-5,20-21,23H,1H3. The van der Waals surface area contributed by atoms with Crippen molar-refractivity contribution < 1.29 is 36.2 Å². The van der Waals surface area contributed by atoms with Crippen molar-refractivity contribution >= 4 is 17.2 Å². The minimum absolute atomic E-state index is 0.0140. The van der Waals surface area contributed by atoms with Gasteiger partial charge in [-0.2, -0.15) is 26.3 Å². The van der Waals surface area contributed by atoms with E-state index < -0.39 is 29.4 Å². The molecular weight excluding hydrogens is 330 g/mol. The number of carbonyl (C=O) groups excluding carboxylic acids is 1. The first-order valence-corrected chi connectivity index (χ1v) is 6.13. The quantitative estimate of drug-likeness (QED) is 0.688. The monoisotopic (exact) mass is 340 g/mol. The highest BCUT2D eigenvalue weighted by atomic mass is 19.4. The molecule has 126 valence electrons. The van der Waals surface area contributed by atoms with Crippen LogP contribution in [0.1, 0.15) is 5.56 Å². The summed E-state index contributed by atoms with van der Waals surface area (Å²) >= 11 is 0. The summed E-state index contributed by atoms with van der Waals surface area (Å²) in [5.41, 5.74) is -5.97. The predicted molar refractivity (Wildman–Crippen MR) is 68.6 cm³/mol. The van der Waals surface area contributed by atoms with E-state index in [1.165, 1.54) is 19.1 Å². The Morgan fingerprint density at radius 2 is 1.78 bits per heavy atom. The highest BCUT2D eigenvalue weighted by Gasteiger charge is 2.62. The summed E-state index contributed by atoms with van der Waals surface area (Å²) in [5, 5.41) is 13.7. The number of anilines is 2. The van der Waals surface area contributed by atoms with Gasteiger partial charge in [0.05, 0.1) is 16.9 Å². The molecule has 0 bridgehead atoms. The van der Waals surface area contributed by atoms with Gasteiger partial charge < -0.3 is 15.7 Å². The Hall–Kier alpha value is -2.23. The van der Waals surface area contributed by atoms with Gasteiger partial charge >= 0.3 is 12.4 Å². The van der Waals surface area contributed by atoms with Crippen LogP contribution in [0.2, 0.25) is 0 Å². The number of Topliss-reactive ketones (excluding diaryl/α,β-unsaturated/α-hetero) is 1. The maximum atomic E-state index is 13.2. The molecule has 1 atom stereocenters. The zero-order valence-electron chi connectivity index (χ0n) is 11.4. The minimum Gasteiger partial charge on any atom is -0.360 e. The lowest BCUT2D eigenvalue weighted by molar-refractivity contribution is -0.235. The minimum atomic E-state index is -5.58. The molecule has 1 aromatic rings. The van der Waals surface area contributed by atoms with Gasteiger partial charge in [-0.25, -0.2) is 0 Å². The van der Waals surface area contributed by atoms with Crippen molar-refractivity contribution in [2.45, 2.75) is 25.0 Å². The fourth-order valence-electron chi connectivity index (χ4n) is 2.08. The molecule has 3 N–H and O–H groups in total. The molecule has 0 aromatic heterocycles. The van der Waals surface area contributed by atoms with Crippen LogP contribution in [0, 0.1) is 6.92 Å². The van der Waals surface area contributed by atoms with E-state index in [4.69, 9.17) is 0 Å². The normalized spacial score (nSPS) is 21.5. The van der Waals surface area contributed by atoms with Crippen LogP contribution in [-0.2, 0) is 4.79 Å². The van der Waals surface area contributed by atoms with E-state index in [0.717, 1.165) is 6.07 Å². The Labute approximate surface area is 125 Å². The van der Waals surface area contributed by atoms with Crippen molar-refractivity contribution in [3.63, 3.8) is 0 Å². The van der Waals surface area contributed by atoms with Gasteiger partial charge in [-0.1, -0.05) is 12.1 Å². The Kier molecular flexibility index (Phi) is 3.84. The van der Waals surface area contributed by atoms with Crippen molar-refractivity contribution in [1.82, 2.24) is 0 Å². The molecule has 0 saturated carbocycles. The highest BCUT2D eigenvalue weighted by molar-refractivity contribution is 6.03. The number of nitrogens with one attached hydrogen (secondary N) is 2. The second-order valence-electron chi connectivity index (χ2n) is 4.86. The maximum absolute atomic E-state index is 13.2. The van der Waals surface area contributed by atoms with Gasteiger partial charge in [0.15, 0.2) is 0 Å². The number of halogens is 6. The fourth-order valence-corrected chi connectivity index (χ4v) is 2.08. The molecule has 0 spiro atoms. The van der Waals surface area contributed by atoms with E-state index in [2.05, 4.69) is 5.32 Å². The number of hydrogen-bond acceptors (Lipinski definition) is 4. The van der Waals surface area contributed by atoms with Crippen molar-refractivity contribution in [2.75, 3.05) is 10.6 Å². The fraction of sp³-hybridized carbons (Fsp3) is 0.308. The summed E-state index contributed by atoms with van der Waals surface area (Å²) in [7, 11) is 0. The number of ketones is 1. The lowest BCUT2D eigenvalue weighted by Crippen LogP contribution is -2.56. The molecule has 0 amide bonds. The molecule has 10 heteroatoms. The number of para-hydroxylation sites is 1. The number of alkyl halides is 6. The molecule has 0 fully saturated rings. The molecular formula is C13H10F6N2O2. The molecule has 0 saturated heterocycles. The van der Waals surface area contributed by atoms with Crippen molar-refractivity contribution in [3.8, 4) is 0 Å². The molecule has 2 rings (SSSR count). The van der Waals surface area contributed by atoms with Gasteiger partial charge in [-0.3, -0.25) is 4.79 Å². The van der Waals surface area contributed by atoms with Gasteiger partial charge in [0.1, 0.15) is 0 Å². The van der Waals surface area contributed by atoms with Crippen LogP contribution < -0.4 is 10.6 Å². The van der Waals surface area contributed by atoms with Crippen LogP contribution >= 0.6 is 0 Å². The number of aryl methyl sites for hydroxylation is 1. The topological polar surface area (TPSA) is 61.4 Å². The van der Waals surface area contributed by atoms with E-state index in [-0.39, 0.29) is 17.6 Å². The van der Waals surface area contributed by atoms with Gasteiger partial charge in [-0.05, 0) is 18.6 Å². The Balaban J connectivity index is 2.66. The Bertz CT molecular complexity index is 680. The number of hydrogen-bond donors (Lipinski definition) is 3. The summed E-state index contributed by atoms with van der Waals surface area (Å²) in [6.45, 7) is 1.49. The van der Waals surface area contributed by atoms with E-state index in [0.29, 0.717) is 5.56 Å². The van der Waals surface area contributed by atoms with Crippen LogP contribution in [0.15, 0.2) is 30.0 Å². The summed E-state index contributed by atoms with van der Waals surface area (Å²) in [4.78, 5) is 11.3. The number of fused-ring (bicyclic) bond motifs is 1. The molecule has 1 aromatic carbocycles. The van der Waals surface area contributed by atoms with E-state index in [1.807, 2.05) is 0 Å². The van der Waals surface area contributed by atoms with Crippen molar-refractivity contribution in [3.05, 3.63) is 35.5 Å². The molecule has 1 unspecified atom stereocenters. The molecule has 23 heavy (non-hydrogen) atoms.